The van der Waals surface area contributed by atoms with Crippen molar-refractivity contribution >= 4 is 17.2 Å². The van der Waals surface area contributed by atoms with Crippen LogP contribution in [-0.2, 0) is 16.0 Å². The predicted molar refractivity (Wildman–Crippen MR) is 124 cm³/mol. The van der Waals surface area contributed by atoms with Gasteiger partial charge in [-0.05, 0) is 54.6 Å². The SMILES string of the molecule is C=CCN(CC(=O)N1CCc2sccc2[C@H]1COc1ccc(F)cc1)C[C@@H](O)COCC. The van der Waals surface area contributed by atoms with Crippen molar-refractivity contribution in [2.45, 2.75) is 25.5 Å². The van der Waals surface area contributed by atoms with E-state index in [4.69, 9.17) is 9.47 Å². The molecule has 8 heteroatoms. The van der Waals surface area contributed by atoms with E-state index in [-0.39, 0.29) is 37.5 Å². The second-order valence-electron chi connectivity index (χ2n) is 7.71. The summed E-state index contributed by atoms with van der Waals surface area (Å²) in [5, 5.41) is 12.3. The topological polar surface area (TPSA) is 62.2 Å². The lowest BCUT2D eigenvalue weighted by Crippen LogP contribution is -2.48. The molecule has 0 spiro atoms. The summed E-state index contributed by atoms with van der Waals surface area (Å²) in [5.41, 5.74) is 1.10. The van der Waals surface area contributed by atoms with E-state index in [2.05, 4.69) is 6.58 Å². The summed E-state index contributed by atoms with van der Waals surface area (Å²) in [5.74, 6) is 0.217. The van der Waals surface area contributed by atoms with Crippen LogP contribution in [0.3, 0.4) is 0 Å². The van der Waals surface area contributed by atoms with Gasteiger partial charge < -0.3 is 19.5 Å². The van der Waals surface area contributed by atoms with E-state index in [1.807, 2.05) is 28.2 Å². The fourth-order valence-corrected chi connectivity index (χ4v) is 4.78. The molecule has 0 saturated heterocycles. The molecule has 2 heterocycles. The van der Waals surface area contributed by atoms with Crippen LogP contribution in [0.5, 0.6) is 5.75 Å². The van der Waals surface area contributed by atoms with Gasteiger partial charge >= 0.3 is 0 Å². The molecule has 0 bridgehead atoms. The van der Waals surface area contributed by atoms with Crippen molar-refractivity contribution in [2.75, 3.05) is 46.0 Å². The zero-order valence-electron chi connectivity index (χ0n) is 18.4. The van der Waals surface area contributed by atoms with Crippen molar-refractivity contribution in [1.29, 1.82) is 0 Å². The Morgan fingerprint density at radius 3 is 2.91 bits per heavy atom. The fourth-order valence-electron chi connectivity index (χ4n) is 3.85. The average molecular weight is 463 g/mol. The number of aliphatic hydroxyl groups excluding tert-OH is 1. The molecule has 0 saturated carbocycles. The molecule has 1 aromatic heterocycles. The van der Waals surface area contributed by atoms with E-state index in [9.17, 15) is 14.3 Å². The van der Waals surface area contributed by atoms with Gasteiger partial charge in [-0.3, -0.25) is 9.69 Å². The maximum absolute atomic E-state index is 13.3. The zero-order valence-corrected chi connectivity index (χ0v) is 19.2. The smallest absolute Gasteiger partial charge is 0.237 e. The van der Waals surface area contributed by atoms with Gasteiger partial charge in [-0.25, -0.2) is 4.39 Å². The maximum Gasteiger partial charge on any atom is 0.237 e. The number of fused-ring (bicyclic) bond motifs is 1. The van der Waals surface area contributed by atoms with Crippen LogP contribution in [0.2, 0.25) is 0 Å². The first-order valence-electron chi connectivity index (χ1n) is 10.8. The van der Waals surface area contributed by atoms with Crippen molar-refractivity contribution < 1.29 is 23.8 Å². The number of carbonyl (C=O) groups excluding carboxylic acids is 1. The summed E-state index contributed by atoms with van der Waals surface area (Å²) >= 11 is 1.69. The normalized spacial score (nSPS) is 16.6. The highest BCUT2D eigenvalue weighted by molar-refractivity contribution is 7.10. The Morgan fingerprint density at radius 1 is 1.41 bits per heavy atom. The largest absolute Gasteiger partial charge is 0.491 e. The molecule has 1 amide bonds. The molecule has 174 valence electrons. The Hall–Kier alpha value is -2.26. The quantitative estimate of drug-likeness (QED) is 0.491. The number of aliphatic hydroxyl groups is 1. The number of nitrogens with zero attached hydrogens (tertiary/aromatic N) is 2. The Balaban J connectivity index is 1.69. The molecular weight excluding hydrogens is 431 g/mol. The van der Waals surface area contributed by atoms with Crippen molar-refractivity contribution in [3.8, 4) is 5.75 Å². The molecule has 1 N–H and O–H groups in total. The van der Waals surface area contributed by atoms with Crippen molar-refractivity contribution in [1.82, 2.24) is 9.80 Å². The Kier molecular flexibility index (Phi) is 9.23. The Morgan fingerprint density at radius 2 is 2.19 bits per heavy atom. The first-order valence-corrected chi connectivity index (χ1v) is 11.7. The van der Waals surface area contributed by atoms with E-state index in [1.165, 1.54) is 17.0 Å². The summed E-state index contributed by atoms with van der Waals surface area (Å²) < 4.78 is 24.4. The van der Waals surface area contributed by atoms with E-state index in [1.54, 1.807) is 29.5 Å². The zero-order chi connectivity index (χ0) is 22.9. The summed E-state index contributed by atoms with van der Waals surface area (Å²) in [7, 11) is 0. The van der Waals surface area contributed by atoms with Crippen molar-refractivity contribution in [2.24, 2.45) is 0 Å². The van der Waals surface area contributed by atoms with E-state index < -0.39 is 6.10 Å². The monoisotopic (exact) mass is 462 g/mol. The van der Waals surface area contributed by atoms with Gasteiger partial charge in [0.25, 0.3) is 0 Å². The number of amides is 1. The number of thiophene rings is 1. The average Bonchev–Trinajstić information content (AvgIpc) is 3.26. The van der Waals surface area contributed by atoms with Gasteiger partial charge in [0.1, 0.15) is 18.2 Å². The minimum absolute atomic E-state index is 0.0278. The molecule has 1 aliphatic heterocycles. The van der Waals surface area contributed by atoms with Crippen molar-refractivity contribution in [3.05, 3.63) is 64.6 Å². The third-order valence-corrected chi connectivity index (χ3v) is 6.36. The molecule has 0 aliphatic carbocycles. The number of hydrogen-bond donors (Lipinski definition) is 1. The summed E-state index contributed by atoms with van der Waals surface area (Å²) in [6, 6.07) is 7.72. The highest BCUT2D eigenvalue weighted by Gasteiger charge is 2.33. The molecule has 2 aromatic rings. The minimum Gasteiger partial charge on any atom is -0.491 e. The molecule has 2 atom stereocenters. The molecule has 3 rings (SSSR count). The van der Waals surface area contributed by atoms with E-state index in [0.717, 1.165) is 12.0 Å². The van der Waals surface area contributed by atoms with Crippen LogP contribution >= 0.6 is 11.3 Å². The van der Waals surface area contributed by atoms with Crippen molar-refractivity contribution in [3.63, 3.8) is 0 Å². The summed E-state index contributed by atoms with van der Waals surface area (Å²) in [6.07, 6.45) is 1.86. The first kappa shape index (κ1) is 24.4. The highest BCUT2D eigenvalue weighted by Crippen LogP contribution is 2.34. The lowest BCUT2D eigenvalue weighted by atomic mass is 10.0. The number of ether oxygens (including phenoxy) is 2. The van der Waals surface area contributed by atoms with Gasteiger partial charge in [0, 0.05) is 31.1 Å². The third-order valence-electron chi connectivity index (χ3n) is 5.37. The summed E-state index contributed by atoms with van der Waals surface area (Å²) in [6.45, 7) is 8.28. The van der Waals surface area contributed by atoms with Crippen LogP contribution in [0, 0.1) is 5.82 Å². The minimum atomic E-state index is -0.676. The first-order chi connectivity index (χ1) is 15.5. The second kappa shape index (κ2) is 12.1. The Bertz CT molecular complexity index is 873. The molecule has 0 unspecified atom stereocenters. The molecule has 1 aliphatic rings. The van der Waals surface area contributed by atoms with Crippen LogP contribution in [0.15, 0.2) is 48.4 Å². The predicted octanol–water partition coefficient (Wildman–Crippen LogP) is 3.28. The lowest BCUT2D eigenvalue weighted by molar-refractivity contribution is -0.136. The number of halogens is 1. The number of benzene rings is 1. The third kappa shape index (κ3) is 6.62. The van der Waals surface area contributed by atoms with Crippen LogP contribution in [-0.4, -0.2) is 72.9 Å². The molecule has 0 fully saturated rings. The number of rotatable bonds is 12. The molecular formula is C24H31FN2O4S. The van der Waals surface area contributed by atoms with E-state index >= 15 is 0 Å². The highest BCUT2D eigenvalue weighted by atomic mass is 32.1. The summed E-state index contributed by atoms with van der Waals surface area (Å²) in [4.78, 5) is 18.3. The van der Waals surface area contributed by atoms with Gasteiger partial charge in [-0.1, -0.05) is 6.08 Å². The number of hydrogen-bond acceptors (Lipinski definition) is 6. The second-order valence-corrected chi connectivity index (χ2v) is 8.71. The fraction of sp³-hybridized carbons (Fsp3) is 0.458. The maximum atomic E-state index is 13.3. The molecule has 32 heavy (non-hydrogen) atoms. The van der Waals surface area contributed by atoms with Gasteiger partial charge in [0.15, 0.2) is 0 Å². The van der Waals surface area contributed by atoms with Gasteiger partial charge in [0.2, 0.25) is 5.91 Å². The van der Waals surface area contributed by atoms with Crippen LogP contribution in [0.25, 0.3) is 0 Å². The standard InChI is InChI=1S/C24H31FN2O4S/c1-3-11-26(14-19(28)16-30-4-2)15-24(29)27-12-9-23-21(10-13-32-23)22(27)17-31-20-7-5-18(25)6-8-20/h3,5-8,10,13,19,22,28H,1,4,9,11-12,14-17H2,2H3/t19-,22-/m1/s1. The van der Waals surface area contributed by atoms with Gasteiger partial charge in [-0.2, -0.15) is 0 Å². The molecule has 1 aromatic carbocycles. The van der Waals surface area contributed by atoms with Gasteiger partial charge in [-0.15, -0.1) is 17.9 Å². The van der Waals surface area contributed by atoms with Crippen LogP contribution < -0.4 is 4.74 Å². The van der Waals surface area contributed by atoms with E-state index in [0.29, 0.717) is 32.0 Å². The Labute approximate surface area is 192 Å². The molecule has 0 radical (unpaired) electrons. The molecule has 6 nitrogen and oxygen atoms in total. The number of carbonyl (C=O) groups is 1. The van der Waals surface area contributed by atoms with Gasteiger partial charge in [0.05, 0.1) is 25.3 Å². The lowest BCUT2D eigenvalue weighted by Gasteiger charge is -2.37. The van der Waals surface area contributed by atoms with Crippen LogP contribution in [0.1, 0.15) is 23.4 Å². The van der Waals surface area contributed by atoms with Crippen LogP contribution in [0.4, 0.5) is 4.39 Å².